The van der Waals surface area contributed by atoms with Crippen molar-refractivity contribution in [1.82, 2.24) is 5.32 Å². The molecule has 0 saturated carbocycles. The maximum absolute atomic E-state index is 13.2. The number of nitrogens with one attached hydrogen (secondary N) is 2. The summed E-state index contributed by atoms with van der Waals surface area (Å²) in [5, 5.41) is 6.72. The van der Waals surface area contributed by atoms with Gasteiger partial charge in [0.25, 0.3) is 0 Å². The van der Waals surface area contributed by atoms with E-state index in [9.17, 15) is 14.4 Å². The first kappa shape index (κ1) is 26.6. The van der Waals surface area contributed by atoms with Crippen LogP contribution in [0.1, 0.15) is 55.5 Å². The van der Waals surface area contributed by atoms with E-state index < -0.39 is 5.41 Å². The van der Waals surface area contributed by atoms with Crippen molar-refractivity contribution in [2.75, 3.05) is 28.7 Å². The molecule has 1 atom stereocenters. The van der Waals surface area contributed by atoms with E-state index in [1.54, 1.807) is 30.7 Å². The minimum atomic E-state index is -1.13. The van der Waals surface area contributed by atoms with Crippen LogP contribution in [0.3, 0.4) is 0 Å². The van der Waals surface area contributed by atoms with Gasteiger partial charge in [-0.05, 0) is 74.1 Å². The molecule has 7 heteroatoms. The summed E-state index contributed by atoms with van der Waals surface area (Å²) in [6.45, 7) is 6.41. The van der Waals surface area contributed by atoms with Gasteiger partial charge in [-0.15, -0.1) is 0 Å². The number of hydrogen-bond donors (Lipinski definition) is 2. The summed E-state index contributed by atoms with van der Waals surface area (Å²) in [6, 6.07) is 22.7. The van der Waals surface area contributed by atoms with Crippen molar-refractivity contribution >= 4 is 34.8 Å². The Morgan fingerprint density at radius 1 is 0.897 bits per heavy atom. The number of carbonyl (C=O) groups excluding carboxylic acids is 3. The number of benzene rings is 3. The first-order chi connectivity index (χ1) is 18.7. The van der Waals surface area contributed by atoms with Crippen LogP contribution < -0.4 is 20.4 Å². The molecule has 0 fully saturated rings. The third kappa shape index (κ3) is 5.19. The summed E-state index contributed by atoms with van der Waals surface area (Å²) in [4.78, 5) is 41.6. The number of hydrogen-bond acceptors (Lipinski definition) is 4. The van der Waals surface area contributed by atoms with Gasteiger partial charge in [0.2, 0.25) is 17.7 Å². The zero-order valence-corrected chi connectivity index (χ0v) is 23.1. The minimum Gasteiger partial charge on any atom is -0.326 e. The standard InChI is InChI=1S/C32H36N4O3/c1-5-36-27-15-11-22(18-28(27)35(4)30(38)32(2,3)31(36)39)20-33-26(17-21-9-7-6-8-10-21)24-12-14-25-23(19-24)13-16-29(37)34-25/h6-12,14-15,18-19,26,33H,5,13,16-17,20H2,1-4H3,(H,34,37). The van der Waals surface area contributed by atoms with Crippen molar-refractivity contribution in [2.45, 2.75) is 52.6 Å². The normalized spacial score (nSPS) is 17.3. The van der Waals surface area contributed by atoms with E-state index in [-0.39, 0.29) is 23.8 Å². The monoisotopic (exact) mass is 524 g/mol. The molecule has 2 aliphatic rings. The SMILES string of the molecule is CCN1C(=O)C(C)(C)C(=O)N(C)c2cc(CNC(Cc3ccccc3)c3ccc4c(c3)CCC(=O)N4)ccc21. The lowest BCUT2D eigenvalue weighted by atomic mass is 9.90. The zero-order valence-electron chi connectivity index (χ0n) is 23.1. The fourth-order valence-corrected chi connectivity index (χ4v) is 5.58. The van der Waals surface area contributed by atoms with Crippen molar-refractivity contribution in [3.63, 3.8) is 0 Å². The number of anilines is 3. The first-order valence-electron chi connectivity index (χ1n) is 13.6. The van der Waals surface area contributed by atoms with E-state index in [1.165, 1.54) is 11.1 Å². The lowest BCUT2D eigenvalue weighted by molar-refractivity contribution is -0.137. The van der Waals surface area contributed by atoms with Gasteiger partial charge in [0.05, 0.1) is 11.4 Å². The van der Waals surface area contributed by atoms with Gasteiger partial charge in [0.1, 0.15) is 5.41 Å². The quantitative estimate of drug-likeness (QED) is 0.426. The Kier molecular flexibility index (Phi) is 7.28. The molecule has 5 rings (SSSR count). The third-order valence-corrected chi connectivity index (χ3v) is 7.89. The maximum atomic E-state index is 13.2. The molecule has 0 aromatic heterocycles. The third-order valence-electron chi connectivity index (χ3n) is 7.89. The number of aryl methyl sites for hydroxylation is 1. The highest BCUT2D eigenvalue weighted by Crippen LogP contribution is 2.39. The number of amides is 3. The Hall–Kier alpha value is -3.97. The van der Waals surface area contributed by atoms with Crippen LogP contribution in [-0.4, -0.2) is 31.3 Å². The smallest absolute Gasteiger partial charge is 0.242 e. The molecular weight excluding hydrogens is 488 g/mol. The number of rotatable bonds is 7. The van der Waals surface area contributed by atoms with Crippen LogP contribution in [0.15, 0.2) is 66.7 Å². The second-order valence-electron chi connectivity index (χ2n) is 10.9. The molecule has 0 spiro atoms. The fraction of sp³-hybridized carbons (Fsp3) is 0.344. The van der Waals surface area contributed by atoms with Crippen molar-refractivity contribution in [3.8, 4) is 0 Å². The fourth-order valence-electron chi connectivity index (χ4n) is 5.58. The highest BCUT2D eigenvalue weighted by molar-refractivity contribution is 6.19. The first-order valence-corrected chi connectivity index (χ1v) is 13.6. The van der Waals surface area contributed by atoms with Crippen LogP contribution in [0.5, 0.6) is 0 Å². The van der Waals surface area contributed by atoms with Gasteiger partial charge >= 0.3 is 0 Å². The molecule has 39 heavy (non-hydrogen) atoms. The number of nitrogens with zero attached hydrogens (tertiary/aromatic N) is 2. The highest BCUT2D eigenvalue weighted by Gasteiger charge is 2.45. The maximum Gasteiger partial charge on any atom is 0.242 e. The van der Waals surface area contributed by atoms with E-state index in [0.29, 0.717) is 19.5 Å². The molecule has 3 amide bonds. The van der Waals surface area contributed by atoms with E-state index in [2.05, 4.69) is 47.0 Å². The zero-order chi connectivity index (χ0) is 27.7. The van der Waals surface area contributed by atoms with Gasteiger partial charge in [-0.2, -0.15) is 0 Å². The molecule has 7 nitrogen and oxygen atoms in total. The van der Waals surface area contributed by atoms with Gasteiger partial charge in [0, 0.05) is 38.3 Å². The van der Waals surface area contributed by atoms with Crippen LogP contribution in [0, 0.1) is 5.41 Å². The Morgan fingerprint density at radius 2 is 1.67 bits per heavy atom. The molecule has 2 heterocycles. The van der Waals surface area contributed by atoms with Gasteiger partial charge in [-0.3, -0.25) is 14.4 Å². The highest BCUT2D eigenvalue weighted by atomic mass is 16.2. The summed E-state index contributed by atoms with van der Waals surface area (Å²) in [7, 11) is 1.75. The second kappa shape index (κ2) is 10.7. The predicted octanol–water partition coefficient (Wildman–Crippen LogP) is 5.00. The molecule has 0 radical (unpaired) electrons. The molecule has 2 N–H and O–H groups in total. The van der Waals surface area contributed by atoms with Crippen LogP contribution in [0.4, 0.5) is 17.1 Å². The van der Waals surface area contributed by atoms with E-state index >= 15 is 0 Å². The molecule has 1 unspecified atom stereocenters. The summed E-state index contributed by atoms with van der Waals surface area (Å²) >= 11 is 0. The van der Waals surface area contributed by atoms with Crippen molar-refractivity contribution in [2.24, 2.45) is 5.41 Å². The van der Waals surface area contributed by atoms with E-state index in [0.717, 1.165) is 41.0 Å². The van der Waals surface area contributed by atoms with Crippen LogP contribution in [0.25, 0.3) is 0 Å². The van der Waals surface area contributed by atoms with Gasteiger partial charge in [-0.1, -0.05) is 48.5 Å². The molecule has 0 saturated heterocycles. The van der Waals surface area contributed by atoms with E-state index in [4.69, 9.17) is 0 Å². The Labute approximate surface area is 230 Å². The average molecular weight is 525 g/mol. The second-order valence-corrected chi connectivity index (χ2v) is 10.9. The Morgan fingerprint density at radius 3 is 2.41 bits per heavy atom. The van der Waals surface area contributed by atoms with Crippen molar-refractivity contribution < 1.29 is 14.4 Å². The Balaban J connectivity index is 1.44. The average Bonchev–Trinajstić information content (AvgIpc) is 2.99. The number of fused-ring (bicyclic) bond motifs is 2. The van der Waals surface area contributed by atoms with Gasteiger partial charge < -0.3 is 20.4 Å². The lowest BCUT2D eigenvalue weighted by Crippen LogP contribution is -2.47. The summed E-state index contributed by atoms with van der Waals surface area (Å²) in [6.07, 6.45) is 2.05. The summed E-state index contributed by atoms with van der Waals surface area (Å²) in [5.41, 5.74) is 5.84. The number of carbonyl (C=O) groups is 3. The van der Waals surface area contributed by atoms with Gasteiger partial charge in [-0.25, -0.2) is 0 Å². The molecule has 3 aromatic carbocycles. The summed E-state index contributed by atoms with van der Waals surface area (Å²) < 4.78 is 0. The lowest BCUT2D eigenvalue weighted by Gasteiger charge is -2.27. The summed E-state index contributed by atoms with van der Waals surface area (Å²) in [5.74, 6) is -0.330. The topological polar surface area (TPSA) is 81.8 Å². The minimum absolute atomic E-state index is 0.0427. The largest absolute Gasteiger partial charge is 0.326 e. The van der Waals surface area contributed by atoms with E-state index in [1.807, 2.05) is 37.3 Å². The predicted molar refractivity (Wildman–Crippen MR) is 155 cm³/mol. The van der Waals surface area contributed by atoms with Crippen molar-refractivity contribution in [1.29, 1.82) is 0 Å². The molecule has 0 aliphatic carbocycles. The van der Waals surface area contributed by atoms with Crippen LogP contribution >= 0.6 is 0 Å². The molecular formula is C32H36N4O3. The van der Waals surface area contributed by atoms with Crippen LogP contribution in [-0.2, 0) is 33.8 Å². The molecule has 2 aliphatic heterocycles. The molecule has 3 aromatic rings. The molecule has 0 bridgehead atoms. The Bertz CT molecular complexity index is 1420. The van der Waals surface area contributed by atoms with Crippen LogP contribution in [0.2, 0.25) is 0 Å². The van der Waals surface area contributed by atoms with Gasteiger partial charge in [0.15, 0.2) is 0 Å². The molecule has 202 valence electrons. The van der Waals surface area contributed by atoms with Crippen molar-refractivity contribution in [3.05, 3.63) is 89.0 Å².